The molecule has 0 fully saturated rings. The molecule has 1 aromatic carbocycles. The summed E-state index contributed by atoms with van der Waals surface area (Å²) in [4.78, 5) is 2.57. The van der Waals surface area contributed by atoms with Crippen LogP contribution in [0.4, 0.5) is 5.69 Å². The quantitative estimate of drug-likeness (QED) is 0.794. The van der Waals surface area contributed by atoms with Crippen LogP contribution >= 0.6 is 12.2 Å². The van der Waals surface area contributed by atoms with Crippen LogP contribution in [-0.4, -0.2) is 31.8 Å². The van der Waals surface area contributed by atoms with Gasteiger partial charge in [-0.05, 0) is 31.2 Å². The van der Waals surface area contributed by atoms with E-state index in [-0.39, 0.29) is 6.10 Å². The largest absolute Gasteiger partial charge is 0.389 e. The number of anilines is 1. The van der Waals surface area contributed by atoms with Crippen LogP contribution in [0.3, 0.4) is 0 Å². The lowest BCUT2D eigenvalue weighted by Crippen LogP contribution is -2.28. The first kappa shape index (κ1) is 12.9. The van der Waals surface area contributed by atoms with Gasteiger partial charge in [-0.2, -0.15) is 0 Å². The lowest BCUT2D eigenvalue weighted by molar-refractivity contribution is 0.124. The molecule has 0 aliphatic rings. The molecule has 0 amide bonds. The Balaban J connectivity index is 2.70. The predicted octanol–water partition coefficient (Wildman–Crippen LogP) is 1.79. The van der Waals surface area contributed by atoms with Crippen LogP contribution < -0.4 is 10.6 Å². The topological polar surface area (TPSA) is 38.5 Å². The van der Waals surface area contributed by atoms with Crippen molar-refractivity contribution in [2.24, 2.45) is 5.73 Å². The molecule has 0 bridgehead atoms. The van der Waals surface area contributed by atoms with Crippen LogP contribution in [0.15, 0.2) is 24.3 Å². The van der Waals surface area contributed by atoms with Crippen molar-refractivity contribution < 1.29 is 4.74 Å². The van der Waals surface area contributed by atoms with Gasteiger partial charge in [0.1, 0.15) is 4.99 Å². The molecule has 1 unspecified atom stereocenters. The van der Waals surface area contributed by atoms with Crippen LogP contribution in [0.25, 0.3) is 0 Å². The molecule has 0 spiro atoms. The van der Waals surface area contributed by atoms with Crippen LogP contribution in [-0.2, 0) is 4.74 Å². The van der Waals surface area contributed by atoms with Crippen LogP contribution in [0.2, 0.25) is 0 Å². The summed E-state index contributed by atoms with van der Waals surface area (Å²) in [5, 5.41) is 0. The molecule has 2 N–H and O–H groups in total. The number of nitrogens with two attached hydrogens (primary N) is 1. The van der Waals surface area contributed by atoms with Gasteiger partial charge < -0.3 is 15.4 Å². The number of ether oxygens (including phenoxy) is 1. The van der Waals surface area contributed by atoms with Gasteiger partial charge >= 0.3 is 0 Å². The highest BCUT2D eigenvalue weighted by atomic mass is 32.1. The van der Waals surface area contributed by atoms with Gasteiger partial charge in [0.25, 0.3) is 0 Å². The van der Waals surface area contributed by atoms with Crippen molar-refractivity contribution in [2.75, 3.05) is 25.6 Å². The van der Waals surface area contributed by atoms with Crippen molar-refractivity contribution in [3.63, 3.8) is 0 Å². The summed E-state index contributed by atoms with van der Waals surface area (Å²) in [5.74, 6) is 0. The molecule has 88 valence electrons. The molecule has 0 aromatic heterocycles. The summed E-state index contributed by atoms with van der Waals surface area (Å²) in [5.41, 5.74) is 7.56. The maximum atomic E-state index is 5.54. The second-order valence-corrected chi connectivity index (χ2v) is 4.28. The molecule has 0 heterocycles. The molecule has 1 rings (SSSR count). The zero-order valence-electron chi connectivity index (χ0n) is 9.93. The fraction of sp³-hybridized carbons (Fsp3) is 0.417. The number of hydrogen-bond donors (Lipinski definition) is 1. The second kappa shape index (κ2) is 5.82. The Hall–Kier alpha value is -1.13. The van der Waals surface area contributed by atoms with E-state index in [1.807, 2.05) is 38.2 Å². The highest BCUT2D eigenvalue weighted by Crippen LogP contribution is 2.14. The van der Waals surface area contributed by atoms with Gasteiger partial charge in [-0.25, -0.2) is 0 Å². The second-order valence-electron chi connectivity index (χ2n) is 3.84. The molecule has 16 heavy (non-hydrogen) atoms. The molecule has 3 nitrogen and oxygen atoms in total. The molecule has 0 saturated carbocycles. The SMILES string of the molecule is COC(C)CN(C)c1ccc(C(N)=S)cc1. The normalized spacial score (nSPS) is 12.2. The lowest BCUT2D eigenvalue weighted by Gasteiger charge is -2.22. The smallest absolute Gasteiger partial charge is 0.103 e. The van der Waals surface area contributed by atoms with Crippen LogP contribution in [0.5, 0.6) is 0 Å². The molecule has 1 atom stereocenters. The molecular weight excluding hydrogens is 220 g/mol. The Bertz CT molecular complexity index is 351. The number of benzene rings is 1. The van der Waals surface area contributed by atoms with E-state index >= 15 is 0 Å². The number of methoxy groups -OCH3 is 1. The standard InChI is InChI=1S/C12H18N2OS/c1-9(15-3)8-14(2)11-6-4-10(5-7-11)12(13)16/h4-7,9H,8H2,1-3H3,(H2,13,16). The van der Waals surface area contributed by atoms with Crippen molar-refractivity contribution in [1.82, 2.24) is 0 Å². The Morgan fingerprint density at radius 1 is 1.44 bits per heavy atom. The third-order valence-corrected chi connectivity index (χ3v) is 2.76. The summed E-state index contributed by atoms with van der Waals surface area (Å²) in [6.45, 7) is 2.89. The molecule has 1 aromatic rings. The highest BCUT2D eigenvalue weighted by molar-refractivity contribution is 7.80. The number of rotatable bonds is 5. The van der Waals surface area contributed by atoms with E-state index in [4.69, 9.17) is 22.7 Å². The average Bonchev–Trinajstić information content (AvgIpc) is 2.28. The average molecular weight is 238 g/mol. The summed E-state index contributed by atoms with van der Waals surface area (Å²) in [6.07, 6.45) is 0.209. The van der Waals surface area contributed by atoms with E-state index in [2.05, 4.69) is 4.90 Å². The first-order valence-corrected chi connectivity index (χ1v) is 5.59. The van der Waals surface area contributed by atoms with Gasteiger partial charge in [0.15, 0.2) is 0 Å². The zero-order chi connectivity index (χ0) is 12.1. The number of nitrogens with zero attached hydrogens (tertiary/aromatic N) is 1. The van der Waals surface area contributed by atoms with Crippen molar-refractivity contribution >= 4 is 22.9 Å². The van der Waals surface area contributed by atoms with Crippen LogP contribution in [0.1, 0.15) is 12.5 Å². The van der Waals surface area contributed by atoms with Crippen molar-refractivity contribution in [3.8, 4) is 0 Å². The minimum Gasteiger partial charge on any atom is -0.389 e. The van der Waals surface area contributed by atoms with E-state index < -0.39 is 0 Å². The minimum absolute atomic E-state index is 0.209. The third-order valence-electron chi connectivity index (χ3n) is 2.53. The number of thiocarbonyl (C=S) groups is 1. The fourth-order valence-electron chi connectivity index (χ4n) is 1.45. The van der Waals surface area contributed by atoms with Gasteiger partial charge in [-0.3, -0.25) is 0 Å². The summed E-state index contributed by atoms with van der Waals surface area (Å²) in [6, 6.07) is 7.89. The van der Waals surface area contributed by atoms with Gasteiger partial charge in [0, 0.05) is 32.0 Å². The Morgan fingerprint density at radius 3 is 2.44 bits per heavy atom. The Morgan fingerprint density at radius 2 is 2.00 bits per heavy atom. The number of likely N-dealkylation sites (N-methyl/N-ethyl adjacent to an activating group) is 1. The maximum absolute atomic E-state index is 5.54. The van der Waals surface area contributed by atoms with E-state index in [1.165, 1.54) is 0 Å². The van der Waals surface area contributed by atoms with Gasteiger partial charge in [-0.15, -0.1) is 0 Å². The molecule has 0 aliphatic carbocycles. The highest BCUT2D eigenvalue weighted by Gasteiger charge is 2.06. The molecule has 0 radical (unpaired) electrons. The Labute approximate surface area is 102 Å². The molecule has 0 saturated heterocycles. The fourth-order valence-corrected chi connectivity index (χ4v) is 1.58. The maximum Gasteiger partial charge on any atom is 0.103 e. The molecule has 4 heteroatoms. The summed E-state index contributed by atoms with van der Waals surface area (Å²) < 4.78 is 5.22. The monoisotopic (exact) mass is 238 g/mol. The van der Waals surface area contributed by atoms with Gasteiger partial charge in [0.2, 0.25) is 0 Å². The van der Waals surface area contributed by atoms with Crippen molar-refractivity contribution in [3.05, 3.63) is 29.8 Å². The van der Waals surface area contributed by atoms with E-state index in [0.29, 0.717) is 4.99 Å². The molecule has 0 aliphatic heterocycles. The summed E-state index contributed by atoms with van der Waals surface area (Å²) >= 11 is 4.90. The van der Waals surface area contributed by atoms with Gasteiger partial charge in [0.05, 0.1) is 6.10 Å². The van der Waals surface area contributed by atoms with Crippen LogP contribution in [0, 0.1) is 0 Å². The van der Waals surface area contributed by atoms with Crippen molar-refractivity contribution in [1.29, 1.82) is 0 Å². The number of hydrogen-bond acceptors (Lipinski definition) is 3. The third kappa shape index (κ3) is 3.47. The first-order chi connectivity index (χ1) is 7.54. The zero-order valence-corrected chi connectivity index (χ0v) is 10.8. The lowest BCUT2D eigenvalue weighted by atomic mass is 10.2. The van der Waals surface area contributed by atoms with E-state index in [0.717, 1.165) is 17.8 Å². The van der Waals surface area contributed by atoms with E-state index in [9.17, 15) is 0 Å². The van der Waals surface area contributed by atoms with E-state index in [1.54, 1.807) is 7.11 Å². The molecular formula is C12H18N2OS. The first-order valence-electron chi connectivity index (χ1n) is 5.18. The predicted molar refractivity (Wildman–Crippen MR) is 72.1 cm³/mol. The van der Waals surface area contributed by atoms with Crippen molar-refractivity contribution in [2.45, 2.75) is 13.0 Å². The summed E-state index contributed by atoms with van der Waals surface area (Å²) in [7, 11) is 3.75. The Kier molecular flexibility index (Phi) is 4.71. The van der Waals surface area contributed by atoms with Gasteiger partial charge in [-0.1, -0.05) is 12.2 Å². The minimum atomic E-state index is 0.209.